The third kappa shape index (κ3) is 53.5. The van der Waals surface area contributed by atoms with Crippen LogP contribution in [-0.2, 0) is 14.3 Å². The van der Waals surface area contributed by atoms with Crippen LogP contribution in [0.4, 0.5) is 0 Å². The molecule has 2 unspecified atom stereocenters. The Kier molecular flexibility index (Phi) is 55.5. The molecular formula is C61H117NO5. The van der Waals surface area contributed by atoms with Crippen LogP contribution in [0.2, 0.25) is 0 Å². The monoisotopic (exact) mass is 944 g/mol. The zero-order valence-electron chi connectivity index (χ0n) is 45.1. The quantitative estimate of drug-likeness (QED) is 0.0321. The minimum atomic E-state index is -0.849. The normalized spacial score (nSPS) is 12.7. The molecule has 6 nitrogen and oxygen atoms in total. The number of ether oxygens (including phenoxy) is 1. The molecule has 3 N–H and O–H groups in total. The van der Waals surface area contributed by atoms with E-state index in [1.165, 1.54) is 257 Å². The molecule has 0 bridgehead atoms. The maximum atomic E-state index is 12.5. The van der Waals surface area contributed by atoms with Crippen molar-refractivity contribution in [3.63, 3.8) is 0 Å². The SMILES string of the molecule is CCCCCCC/C=C\CCCCCCCC(=O)OCCCCCCCCCCCCCCCCCCCC(=O)NC(CO)C(O)/C=C/CCCCCCCCCCCCCCCCCCC. The van der Waals surface area contributed by atoms with Gasteiger partial charge >= 0.3 is 5.97 Å². The van der Waals surface area contributed by atoms with Crippen molar-refractivity contribution in [1.29, 1.82) is 0 Å². The first-order valence-corrected chi connectivity index (χ1v) is 30.1. The minimum Gasteiger partial charge on any atom is -0.466 e. The van der Waals surface area contributed by atoms with E-state index >= 15 is 0 Å². The van der Waals surface area contributed by atoms with Crippen LogP contribution in [-0.4, -0.2) is 47.4 Å². The van der Waals surface area contributed by atoms with Crippen molar-refractivity contribution < 1.29 is 24.5 Å². The van der Waals surface area contributed by atoms with E-state index in [-0.39, 0.29) is 18.5 Å². The number of unbranched alkanes of at least 4 members (excludes halogenated alkanes) is 43. The Balaban J connectivity index is 3.45. The van der Waals surface area contributed by atoms with Crippen LogP contribution >= 0.6 is 0 Å². The van der Waals surface area contributed by atoms with Crippen molar-refractivity contribution in [1.82, 2.24) is 5.32 Å². The van der Waals surface area contributed by atoms with Gasteiger partial charge in [0.2, 0.25) is 5.91 Å². The lowest BCUT2D eigenvalue weighted by atomic mass is 10.0. The lowest BCUT2D eigenvalue weighted by Gasteiger charge is -2.20. The number of esters is 1. The summed E-state index contributed by atoms with van der Waals surface area (Å²) in [5.74, 6) is -0.0746. The van der Waals surface area contributed by atoms with Gasteiger partial charge in [0.15, 0.2) is 0 Å². The van der Waals surface area contributed by atoms with Gasteiger partial charge in [0, 0.05) is 12.8 Å². The first kappa shape index (κ1) is 65.3. The molecule has 0 aliphatic rings. The molecule has 396 valence electrons. The van der Waals surface area contributed by atoms with E-state index in [1.807, 2.05) is 6.08 Å². The maximum absolute atomic E-state index is 12.5. The number of allylic oxidation sites excluding steroid dienone is 3. The fourth-order valence-corrected chi connectivity index (χ4v) is 9.34. The van der Waals surface area contributed by atoms with Crippen LogP contribution in [0.1, 0.15) is 328 Å². The highest BCUT2D eigenvalue weighted by Gasteiger charge is 2.18. The number of amides is 1. The van der Waals surface area contributed by atoms with Gasteiger partial charge in [-0.25, -0.2) is 0 Å². The molecule has 0 aliphatic carbocycles. The number of carbonyl (C=O) groups is 2. The Bertz CT molecular complexity index is 1040. The molecule has 0 aromatic rings. The van der Waals surface area contributed by atoms with Crippen LogP contribution in [0.5, 0.6) is 0 Å². The Labute approximate surface area is 418 Å². The highest BCUT2D eigenvalue weighted by Crippen LogP contribution is 2.17. The highest BCUT2D eigenvalue weighted by atomic mass is 16.5. The van der Waals surface area contributed by atoms with Gasteiger partial charge in [-0.1, -0.05) is 282 Å². The first-order valence-electron chi connectivity index (χ1n) is 30.1. The molecular weight excluding hydrogens is 827 g/mol. The smallest absolute Gasteiger partial charge is 0.305 e. The summed E-state index contributed by atoms with van der Waals surface area (Å²) in [7, 11) is 0. The van der Waals surface area contributed by atoms with Gasteiger partial charge < -0.3 is 20.3 Å². The topological polar surface area (TPSA) is 95.9 Å². The standard InChI is InChI=1S/C61H117NO5/c1-3-5-7-9-11-13-15-17-19-20-21-23-26-29-33-37-41-45-49-53-59(64)58(57-63)62-60(65)54-50-46-42-38-34-30-27-24-22-25-28-32-36-40-44-48-52-56-67-61(66)55-51-47-43-39-35-31-18-16-14-12-10-8-6-4-2/h16,18,49,53,58-59,63-64H,3-15,17,19-48,50-52,54-57H2,1-2H3,(H,62,65)/b18-16-,53-49+. The zero-order valence-corrected chi connectivity index (χ0v) is 45.1. The van der Waals surface area contributed by atoms with E-state index in [2.05, 4.69) is 31.3 Å². The zero-order chi connectivity index (χ0) is 48.6. The van der Waals surface area contributed by atoms with Gasteiger partial charge in [0.05, 0.1) is 25.4 Å². The number of aliphatic hydroxyl groups is 2. The minimum absolute atomic E-state index is 0.00367. The van der Waals surface area contributed by atoms with Gasteiger partial charge in [-0.05, 0) is 57.8 Å². The van der Waals surface area contributed by atoms with Crippen molar-refractivity contribution in [2.45, 2.75) is 341 Å². The molecule has 0 spiro atoms. The van der Waals surface area contributed by atoms with E-state index < -0.39 is 12.1 Å². The molecule has 2 atom stereocenters. The summed E-state index contributed by atoms with van der Waals surface area (Å²) in [4.78, 5) is 24.5. The van der Waals surface area contributed by atoms with E-state index in [0.717, 1.165) is 44.9 Å². The summed E-state index contributed by atoms with van der Waals surface area (Å²) in [6, 6.07) is -0.632. The summed E-state index contributed by atoms with van der Waals surface area (Å²) in [5.41, 5.74) is 0. The Morgan fingerprint density at radius 3 is 1.06 bits per heavy atom. The predicted octanol–water partition coefficient (Wildman–Crippen LogP) is 18.6. The fourth-order valence-electron chi connectivity index (χ4n) is 9.34. The van der Waals surface area contributed by atoms with Gasteiger partial charge in [-0.2, -0.15) is 0 Å². The van der Waals surface area contributed by atoms with Crippen molar-refractivity contribution in [3.05, 3.63) is 24.3 Å². The van der Waals surface area contributed by atoms with Crippen molar-refractivity contribution in [2.24, 2.45) is 0 Å². The van der Waals surface area contributed by atoms with Crippen molar-refractivity contribution in [2.75, 3.05) is 13.2 Å². The summed E-state index contributed by atoms with van der Waals surface area (Å²) >= 11 is 0. The molecule has 0 radical (unpaired) electrons. The third-order valence-corrected chi connectivity index (χ3v) is 14.0. The molecule has 1 amide bonds. The number of hydrogen-bond acceptors (Lipinski definition) is 5. The lowest BCUT2D eigenvalue weighted by Crippen LogP contribution is -2.45. The second-order valence-corrected chi connectivity index (χ2v) is 20.7. The van der Waals surface area contributed by atoms with Gasteiger partial charge in [-0.15, -0.1) is 0 Å². The Morgan fingerprint density at radius 2 is 0.701 bits per heavy atom. The molecule has 0 rings (SSSR count). The highest BCUT2D eigenvalue weighted by molar-refractivity contribution is 5.76. The Hall–Kier alpha value is -1.66. The van der Waals surface area contributed by atoms with Gasteiger partial charge in [0.25, 0.3) is 0 Å². The van der Waals surface area contributed by atoms with E-state index in [9.17, 15) is 19.8 Å². The van der Waals surface area contributed by atoms with Crippen LogP contribution in [0.25, 0.3) is 0 Å². The number of hydrogen-bond donors (Lipinski definition) is 3. The molecule has 67 heavy (non-hydrogen) atoms. The molecule has 0 aromatic carbocycles. The van der Waals surface area contributed by atoms with E-state index in [1.54, 1.807) is 6.08 Å². The summed E-state index contributed by atoms with van der Waals surface area (Å²) in [6.45, 7) is 4.90. The molecule has 0 saturated heterocycles. The maximum Gasteiger partial charge on any atom is 0.305 e. The first-order chi connectivity index (χ1) is 33.0. The average Bonchev–Trinajstić information content (AvgIpc) is 3.33. The van der Waals surface area contributed by atoms with Gasteiger partial charge in [0.1, 0.15) is 0 Å². The van der Waals surface area contributed by atoms with Crippen LogP contribution in [0.15, 0.2) is 24.3 Å². The van der Waals surface area contributed by atoms with Crippen LogP contribution in [0, 0.1) is 0 Å². The van der Waals surface area contributed by atoms with E-state index in [0.29, 0.717) is 19.4 Å². The molecule has 0 saturated carbocycles. The molecule has 0 heterocycles. The predicted molar refractivity (Wildman–Crippen MR) is 292 cm³/mol. The van der Waals surface area contributed by atoms with Crippen molar-refractivity contribution in [3.8, 4) is 0 Å². The summed E-state index contributed by atoms with van der Waals surface area (Å²) in [6.07, 6.45) is 69.1. The van der Waals surface area contributed by atoms with Crippen LogP contribution in [0.3, 0.4) is 0 Å². The number of carbonyl (C=O) groups excluding carboxylic acids is 2. The van der Waals surface area contributed by atoms with Gasteiger partial charge in [-0.3, -0.25) is 9.59 Å². The Morgan fingerprint density at radius 1 is 0.403 bits per heavy atom. The molecule has 0 fully saturated rings. The molecule has 0 aliphatic heterocycles. The second-order valence-electron chi connectivity index (χ2n) is 20.7. The third-order valence-electron chi connectivity index (χ3n) is 14.0. The van der Waals surface area contributed by atoms with E-state index in [4.69, 9.17) is 4.74 Å². The van der Waals surface area contributed by atoms with Crippen LogP contribution < -0.4 is 5.32 Å². The largest absolute Gasteiger partial charge is 0.466 e. The second kappa shape index (κ2) is 56.9. The lowest BCUT2D eigenvalue weighted by molar-refractivity contribution is -0.143. The molecule has 6 heteroatoms. The number of rotatable bonds is 56. The van der Waals surface area contributed by atoms with Crippen molar-refractivity contribution >= 4 is 11.9 Å². The molecule has 0 aromatic heterocycles. The number of nitrogens with one attached hydrogen (secondary N) is 1. The summed E-state index contributed by atoms with van der Waals surface area (Å²) in [5, 5.41) is 23.2. The number of aliphatic hydroxyl groups excluding tert-OH is 2. The average molecular weight is 945 g/mol. The fraction of sp³-hybridized carbons (Fsp3) is 0.902. The summed E-state index contributed by atoms with van der Waals surface area (Å²) < 4.78 is 5.47.